The van der Waals surface area contributed by atoms with E-state index >= 15 is 0 Å². The lowest BCUT2D eigenvalue weighted by Crippen LogP contribution is -2.24. The molecule has 1 N–H and O–H groups in total. The highest BCUT2D eigenvalue weighted by atomic mass is 16.5. The number of para-hydroxylation sites is 1. The Hall–Kier alpha value is -1.66. The van der Waals surface area contributed by atoms with Crippen LogP contribution in [0.15, 0.2) is 18.2 Å². The van der Waals surface area contributed by atoms with Crippen molar-refractivity contribution >= 4 is 0 Å². The predicted octanol–water partition coefficient (Wildman–Crippen LogP) is 2.99. The molecule has 0 aliphatic heterocycles. The van der Waals surface area contributed by atoms with E-state index in [-0.39, 0.29) is 6.61 Å². The number of nitrogens with one attached hydrogen (secondary N) is 1. The molecule has 1 aromatic carbocycles. The maximum absolute atomic E-state index is 5.63. The summed E-state index contributed by atoms with van der Waals surface area (Å²) in [5, 5.41) is 3.45. The van der Waals surface area contributed by atoms with Crippen molar-refractivity contribution in [3.05, 3.63) is 23.8 Å². The molecule has 0 aromatic heterocycles. The third-order valence-corrected chi connectivity index (χ3v) is 2.91. The predicted molar refractivity (Wildman–Crippen MR) is 78.5 cm³/mol. The molecular formula is C16H23NO2. The van der Waals surface area contributed by atoms with E-state index in [2.05, 4.69) is 25.1 Å². The molecule has 3 heteroatoms. The number of hydrogen-bond donors (Lipinski definition) is 1. The van der Waals surface area contributed by atoms with Crippen molar-refractivity contribution in [2.45, 2.75) is 39.8 Å². The molecule has 0 saturated carbocycles. The standard InChI is InChI=1S/C16H23NO2/c1-5-11-19-16-14(12-17-13(4)6-2)9-8-10-15(16)18-7-3/h1,8-10,13,17H,6-7,11-12H2,2-4H3. The average Bonchev–Trinajstić information content (AvgIpc) is 2.43. The summed E-state index contributed by atoms with van der Waals surface area (Å²) in [6.07, 6.45) is 6.35. The quantitative estimate of drug-likeness (QED) is 0.730. The zero-order valence-electron chi connectivity index (χ0n) is 12.0. The van der Waals surface area contributed by atoms with Crippen molar-refractivity contribution in [2.24, 2.45) is 0 Å². The Morgan fingerprint density at radius 1 is 1.32 bits per heavy atom. The van der Waals surface area contributed by atoms with E-state index in [1.807, 2.05) is 25.1 Å². The van der Waals surface area contributed by atoms with E-state index in [9.17, 15) is 0 Å². The molecule has 0 saturated heterocycles. The molecule has 0 heterocycles. The van der Waals surface area contributed by atoms with Gasteiger partial charge in [-0.1, -0.05) is 25.0 Å². The lowest BCUT2D eigenvalue weighted by atomic mass is 10.1. The number of terminal acetylenes is 1. The van der Waals surface area contributed by atoms with Gasteiger partial charge in [-0.25, -0.2) is 0 Å². The van der Waals surface area contributed by atoms with Crippen LogP contribution in [0.1, 0.15) is 32.8 Å². The summed E-state index contributed by atoms with van der Waals surface area (Å²) in [6.45, 7) is 7.87. The minimum Gasteiger partial charge on any atom is -0.490 e. The molecule has 19 heavy (non-hydrogen) atoms. The van der Waals surface area contributed by atoms with Crippen LogP contribution in [0, 0.1) is 12.3 Å². The van der Waals surface area contributed by atoms with Gasteiger partial charge in [-0.2, -0.15) is 0 Å². The van der Waals surface area contributed by atoms with Gasteiger partial charge in [0.05, 0.1) is 6.61 Å². The van der Waals surface area contributed by atoms with Crippen LogP contribution in [0.3, 0.4) is 0 Å². The first-order valence-electron chi connectivity index (χ1n) is 6.77. The third kappa shape index (κ3) is 4.84. The number of benzene rings is 1. The van der Waals surface area contributed by atoms with Crippen LogP contribution in [0.4, 0.5) is 0 Å². The van der Waals surface area contributed by atoms with Gasteiger partial charge >= 0.3 is 0 Å². The summed E-state index contributed by atoms with van der Waals surface area (Å²) in [5.41, 5.74) is 1.07. The van der Waals surface area contributed by atoms with Crippen molar-refractivity contribution < 1.29 is 9.47 Å². The number of ether oxygens (including phenoxy) is 2. The summed E-state index contributed by atoms with van der Waals surface area (Å²) >= 11 is 0. The van der Waals surface area contributed by atoms with Gasteiger partial charge in [-0.3, -0.25) is 0 Å². The average molecular weight is 261 g/mol. The van der Waals surface area contributed by atoms with Crippen molar-refractivity contribution in [3.8, 4) is 23.8 Å². The van der Waals surface area contributed by atoms with Gasteiger partial charge in [0.1, 0.15) is 6.61 Å². The molecule has 1 aromatic rings. The van der Waals surface area contributed by atoms with E-state index in [4.69, 9.17) is 15.9 Å². The van der Waals surface area contributed by atoms with Gasteiger partial charge in [0, 0.05) is 18.2 Å². The maximum atomic E-state index is 5.63. The fourth-order valence-corrected chi connectivity index (χ4v) is 1.68. The summed E-state index contributed by atoms with van der Waals surface area (Å²) in [7, 11) is 0. The van der Waals surface area contributed by atoms with E-state index in [1.54, 1.807) is 0 Å². The second-order valence-electron chi connectivity index (χ2n) is 4.36. The molecule has 0 radical (unpaired) electrons. The normalized spacial score (nSPS) is 11.7. The lowest BCUT2D eigenvalue weighted by Gasteiger charge is -2.17. The lowest BCUT2D eigenvalue weighted by molar-refractivity contribution is 0.296. The molecule has 0 aliphatic carbocycles. The van der Waals surface area contributed by atoms with E-state index in [0.29, 0.717) is 12.6 Å². The van der Waals surface area contributed by atoms with Gasteiger partial charge in [0.15, 0.2) is 11.5 Å². The molecule has 1 atom stereocenters. The molecule has 0 amide bonds. The fraction of sp³-hybridized carbons (Fsp3) is 0.500. The fourth-order valence-electron chi connectivity index (χ4n) is 1.68. The third-order valence-electron chi connectivity index (χ3n) is 2.91. The van der Waals surface area contributed by atoms with Gasteiger partial charge < -0.3 is 14.8 Å². The van der Waals surface area contributed by atoms with Crippen LogP contribution in [0.5, 0.6) is 11.5 Å². The van der Waals surface area contributed by atoms with Crippen LogP contribution in [-0.4, -0.2) is 19.3 Å². The minimum atomic E-state index is 0.250. The van der Waals surface area contributed by atoms with Crippen molar-refractivity contribution in [3.63, 3.8) is 0 Å². The SMILES string of the molecule is C#CCOc1c(CNC(C)CC)cccc1OCC. The summed E-state index contributed by atoms with van der Waals surface area (Å²) in [5.74, 6) is 3.99. The zero-order valence-corrected chi connectivity index (χ0v) is 12.0. The molecule has 1 rings (SSSR count). The minimum absolute atomic E-state index is 0.250. The Bertz CT molecular complexity index is 423. The van der Waals surface area contributed by atoms with Crippen molar-refractivity contribution in [1.29, 1.82) is 0 Å². The molecule has 0 bridgehead atoms. The Morgan fingerprint density at radius 2 is 2.11 bits per heavy atom. The topological polar surface area (TPSA) is 30.5 Å². The second kappa shape index (κ2) is 8.44. The Balaban J connectivity index is 2.87. The summed E-state index contributed by atoms with van der Waals surface area (Å²) in [6, 6.07) is 6.38. The first kappa shape index (κ1) is 15.4. The van der Waals surface area contributed by atoms with Crippen molar-refractivity contribution in [1.82, 2.24) is 5.32 Å². The highest BCUT2D eigenvalue weighted by Gasteiger charge is 2.11. The Morgan fingerprint density at radius 3 is 2.74 bits per heavy atom. The van der Waals surface area contributed by atoms with Gasteiger partial charge in [-0.05, 0) is 26.3 Å². The highest BCUT2D eigenvalue weighted by molar-refractivity contribution is 5.46. The van der Waals surface area contributed by atoms with E-state index < -0.39 is 0 Å². The Kier molecular flexibility index (Phi) is 6.84. The molecular weight excluding hydrogens is 238 g/mol. The first-order valence-corrected chi connectivity index (χ1v) is 6.77. The van der Waals surface area contributed by atoms with Gasteiger partial charge in [-0.15, -0.1) is 6.42 Å². The highest BCUT2D eigenvalue weighted by Crippen LogP contribution is 2.31. The smallest absolute Gasteiger partial charge is 0.167 e. The summed E-state index contributed by atoms with van der Waals surface area (Å²) < 4.78 is 11.2. The van der Waals surface area contributed by atoms with Crippen LogP contribution in [0.25, 0.3) is 0 Å². The molecule has 0 spiro atoms. The van der Waals surface area contributed by atoms with Crippen LogP contribution in [0.2, 0.25) is 0 Å². The van der Waals surface area contributed by atoms with Crippen LogP contribution >= 0.6 is 0 Å². The van der Waals surface area contributed by atoms with E-state index in [0.717, 1.165) is 30.0 Å². The van der Waals surface area contributed by atoms with Gasteiger partial charge in [0.2, 0.25) is 0 Å². The largest absolute Gasteiger partial charge is 0.490 e. The first-order chi connectivity index (χ1) is 9.22. The molecule has 1 unspecified atom stereocenters. The summed E-state index contributed by atoms with van der Waals surface area (Å²) in [4.78, 5) is 0. The molecule has 0 aliphatic rings. The zero-order chi connectivity index (χ0) is 14.1. The Labute approximate surface area is 116 Å². The maximum Gasteiger partial charge on any atom is 0.167 e. The molecule has 3 nitrogen and oxygen atoms in total. The van der Waals surface area contributed by atoms with Crippen molar-refractivity contribution in [2.75, 3.05) is 13.2 Å². The second-order valence-corrected chi connectivity index (χ2v) is 4.36. The van der Waals surface area contributed by atoms with Gasteiger partial charge in [0.25, 0.3) is 0 Å². The number of hydrogen-bond acceptors (Lipinski definition) is 3. The monoisotopic (exact) mass is 261 g/mol. The van der Waals surface area contributed by atoms with Crippen LogP contribution in [-0.2, 0) is 6.54 Å². The van der Waals surface area contributed by atoms with E-state index in [1.165, 1.54) is 0 Å². The molecule has 0 fully saturated rings. The molecule has 104 valence electrons. The van der Waals surface area contributed by atoms with Crippen LogP contribution < -0.4 is 14.8 Å². The number of rotatable bonds is 8.